The van der Waals surface area contributed by atoms with Gasteiger partial charge in [-0.25, -0.2) is 0 Å². The summed E-state index contributed by atoms with van der Waals surface area (Å²) >= 11 is 3.49. The Morgan fingerprint density at radius 3 is 2.65 bits per heavy atom. The lowest BCUT2D eigenvalue weighted by Crippen LogP contribution is -1.89. The largest absolute Gasteiger partial charge is 0.497 e. The van der Waals surface area contributed by atoms with E-state index in [9.17, 15) is 0 Å². The lowest BCUT2D eigenvalue weighted by molar-refractivity contribution is 0.412. The zero-order chi connectivity index (χ0) is 13.9. The molecule has 0 radical (unpaired) electrons. The van der Waals surface area contributed by atoms with Crippen molar-refractivity contribution in [2.75, 3.05) is 7.11 Å². The van der Waals surface area contributed by atoms with Gasteiger partial charge < -0.3 is 9.47 Å². The second-order valence-electron chi connectivity index (χ2n) is 4.22. The lowest BCUT2D eigenvalue weighted by atomic mass is 10.2. The number of halogens is 1. The molecule has 0 fully saturated rings. The Hall–Kier alpha value is -2.07. The van der Waals surface area contributed by atoms with Crippen molar-refractivity contribution in [3.63, 3.8) is 0 Å². The van der Waals surface area contributed by atoms with Gasteiger partial charge in [-0.3, -0.25) is 4.98 Å². The number of hydrogen-bond acceptors (Lipinski definition) is 3. The van der Waals surface area contributed by atoms with Crippen LogP contribution in [0, 0.1) is 0 Å². The number of methoxy groups -OCH3 is 1. The minimum absolute atomic E-state index is 0.738. The zero-order valence-electron chi connectivity index (χ0n) is 10.8. The summed E-state index contributed by atoms with van der Waals surface area (Å²) in [7, 11) is 1.64. The number of rotatable bonds is 3. The summed E-state index contributed by atoms with van der Waals surface area (Å²) in [6, 6.07) is 15.4. The molecule has 1 heterocycles. The summed E-state index contributed by atoms with van der Waals surface area (Å²) in [6.45, 7) is 0. The fourth-order valence-electron chi connectivity index (χ4n) is 1.97. The van der Waals surface area contributed by atoms with Crippen molar-refractivity contribution < 1.29 is 9.47 Å². The highest BCUT2D eigenvalue weighted by Crippen LogP contribution is 2.35. The van der Waals surface area contributed by atoms with Crippen molar-refractivity contribution in [1.29, 1.82) is 0 Å². The molecule has 0 amide bonds. The van der Waals surface area contributed by atoms with Crippen LogP contribution in [0.3, 0.4) is 0 Å². The van der Waals surface area contributed by atoms with E-state index in [0.717, 1.165) is 32.6 Å². The molecule has 0 unspecified atom stereocenters. The zero-order valence-corrected chi connectivity index (χ0v) is 12.4. The fourth-order valence-corrected chi connectivity index (χ4v) is 2.41. The van der Waals surface area contributed by atoms with Crippen LogP contribution in [0.1, 0.15) is 0 Å². The highest BCUT2D eigenvalue weighted by Gasteiger charge is 2.07. The first kappa shape index (κ1) is 12.9. The van der Waals surface area contributed by atoms with Crippen LogP contribution in [0.15, 0.2) is 59.2 Å². The molecular formula is C16H12BrNO2. The van der Waals surface area contributed by atoms with Gasteiger partial charge in [-0.1, -0.05) is 12.1 Å². The Bertz CT molecular complexity index is 753. The molecule has 0 aliphatic carbocycles. The molecule has 0 saturated heterocycles. The van der Waals surface area contributed by atoms with Crippen molar-refractivity contribution in [3.05, 3.63) is 59.2 Å². The van der Waals surface area contributed by atoms with Crippen LogP contribution in [0.2, 0.25) is 0 Å². The van der Waals surface area contributed by atoms with E-state index in [1.54, 1.807) is 13.3 Å². The highest BCUT2D eigenvalue weighted by molar-refractivity contribution is 9.10. The molecule has 3 aromatic rings. The number of para-hydroxylation sites is 1. The smallest absolute Gasteiger partial charge is 0.141 e. The third-order valence-electron chi connectivity index (χ3n) is 2.97. The summed E-state index contributed by atoms with van der Waals surface area (Å²) in [5.74, 6) is 2.30. The Labute approximate surface area is 125 Å². The van der Waals surface area contributed by atoms with Gasteiger partial charge in [-0.2, -0.15) is 0 Å². The summed E-state index contributed by atoms with van der Waals surface area (Å²) in [5.41, 5.74) is 0.912. The Balaban J connectivity index is 2.01. The van der Waals surface area contributed by atoms with Gasteiger partial charge in [0.15, 0.2) is 0 Å². The molecule has 0 aliphatic heterocycles. The Kier molecular flexibility index (Phi) is 3.56. The highest BCUT2D eigenvalue weighted by atomic mass is 79.9. The van der Waals surface area contributed by atoms with Crippen molar-refractivity contribution in [3.8, 4) is 17.2 Å². The molecular weight excluding hydrogens is 318 g/mol. The van der Waals surface area contributed by atoms with Crippen LogP contribution in [0.25, 0.3) is 10.9 Å². The number of benzene rings is 2. The van der Waals surface area contributed by atoms with Gasteiger partial charge in [0.05, 0.1) is 17.1 Å². The van der Waals surface area contributed by atoms with Crippen molar-refractivity contribution in [2.45, 2.75) is 0 Å². The van der Waals surface area contributed by atoms with E-state index in [0.29, 0.717) is 0 Å². The second kappa shape index (κ2) is 5.51. The van der Waals surface area contributed by atoms with E-state index in [1.165, 1.54) is 0 Å². The van der Waals surface area contributed by atoms with E-state index < -0.39 is 0 Å². The topological polar surface area (TPSA) is 31.4 Å². The fraction of sp³-hybridized carbons (Fsp3) is 0.0625. The molecule has 0 aliphatic rings. The SMILES string of the molecule is COc1ccc(Oc2ccnc3ccccc23)c(Br)c1. The van der Waals surface area contributed by atoms with Gasteiger partial charge in [-0.05, 0) is 52.3 Å². The van der Waals surface area contributed by atoms with Crippen molar-refractivity contribution in [1.82, 2.24) is 4.98 Å². The molecule has 0 atom stereocenters. The maximum atomic E-state index is 5.98. The minimum Gasteiger partial charge on any atom is -0.497 e. The standard InChI is InChI=1S/C16H12BrNO2/c1-19-11-6-7-16(13(17)10-11)20-15-8-9-18-14-5-3-2-4-12(14)15/h2-10H,1H3. The van der Waals surface area contributed by atoms with E-state index >= 15 is 0 Å². The van der Waals surface area contributed by atoms with Gasteiger partial charge in [0, 0.05) is 11.6 Å². The number of aromatic nitrogens is 1. The first-order chi connectivity index (χ1) is 9.78. The van der Waals surface area contributed by atoms with E-state index in [4.69, 9.17) is 9.47 Å². The quantitative estimate of drug-likeness (QED) is 0.691. The number of nitrogens with zero attached hydrogens (tertiary/aromatic N) is 1. The molecule has 2 aromatic carbocycles. The van der Waals surface area contributed by atoms with Crippen LogP contribution in [-0.2, 0) is 0 Å². The average Bonchev–Trinajstić information content (AvgIpc) is 2.49. The first-order valence-electron chi connectivity index (χ1n) is 6.13. The molecule has 0 bridgehead atoms. The predicted octanol–water partition coefficient (Wildman–Crippen LogP) is 4.80. The molecule has 3 nitrogen and oxygen atoms in total. The average molecular weight is 330 g/mol. The molecule has 100 valence electrons. The van der Waals surface area contributed by atoms with Crippen molar-refractivity contribution >= 4 is 26.8 Å². The molecule has 4 heteroatoms. The van der Waals surface area contributed by atoms with Crippen LogP contribution in [-0.4, -0.2) is 12.1 Å². The molecule has 3 rings (SSSR count). The lowest BCUT2D eigenvalue weighted by Gasteiger charge is -2.11. The Morgan fingerprint density at radius 2 is 1.85 bits per heavy atom. The van der Waals surface area contributed by atoms with Crippen molar-refractivity contribution in [2.24, 2.45) is 0 Å². The maximum Gasteiger partial charge on any atom is 0.141 e. The van der Waals surface area contributed by atoms with Gasteiger partial charge in [0.2, 0.25) is 0 Å². The molecule has 1 aromatic heterocycles. The summed E-state index contributed by atoms with van der Waals surface area (Å²) < 4.78 is 12.0. The first-order valence-corrected chi connectivity index (χ1v) is 6.92. The third-order valence-corrected chi connectivity index (χ3v) is 3.59. The molecule has 0 spiro atoms. The second-order valence-corrected chi connectivity index (χ2v) is 5.08. The minimum atomic E-state index is 0.738. The monoisotopic (exact) mass is 329 g/mol. The van der Waals surface area contributed by atoms with E-state index in [1.807, 2.05) is 48.5 Å². The predicted molar refractivity (Wildman–Crippen MR) is 82.5 cm³/mol. The number of pyridine rings is 1. The van der Waals surface area contributed by atoms with E-state index in [2.05, 4.69) is 20.9 Å². The van der Waals surface area contributed by atoms with Gasteiger partial charge in [0.25, 0.3) is 0 Å². The third kappa shape index (κ3) is 2.47. The van der Waals surface area contributed by atoms with Gasteiger partial charge in [-0.15, -0.1) is 0 Å². The normalized spacial score (nSPS) is 10.5. The van der Waals surface area contributed by atoms with Crippen LogP contribution in [0.5, 0.6) is 17.2 Å². The van der Waals surface area contributed by atoms with Crippen LogP contribution < -0.4 is 9.47 Å². The van der Waals surface area contributed by atoms with Gasteiger partial charge >= 0.3 is 0 Å². The Morgan fingerprint density at radius 1 is 1.00 bits per heavy atom. The number of fused-ring (bicyclic) bond motifs is 1. The molecule has 0 saturated carbocycles. The number of ether oxygens (including phenoxy) is 2. The summed E-state index contributed by atoms with van der Waals surface area (Å²) in [4.78, 5) is 4.32. The summed E-state index contributed by atoms with van der Waals surface area (Å²) in [5, 5.41) is 0.984. The van der Waals surface area contributed by atoms with E-state index in [-0.39, 0.29) is 0 Å². The van der Waals surface area contributed by atoms with Crippen LogP contribution >= 0.6 is 15.9 Å². The number of hydrogen-bond donors (Lipinski definition) is 0. The molecule has 20 heavy (non-hydrogen) atoms. The summed E-state index contributed by atoms with van der Waals surface area (Å²) in [6.07, 6.45) is 1.75. The molecule has 0 N–H and O–H groups in total. The van der Waals surface area contributed by atoms with Gasteiger partial charge in [0.1, 0.15) is 17.2 Å². The van der Waals surface area contributed by atoms with Crippen LogP contribution in [0.4, 0.5) is 0 Å². The maximum absolute atomic E-state index is 5.98.